The van der Waals surface area contributed by atoms with Crippen molar-refractivity contribution < 1.29 is 9.53 Å². The van der Waals surface area contributed by atoms with E-state index in [4.69, 9.17) is 10.5 Å². The molecule has 2 heterocycles. The summed E-state index contributed by atoms with van der Waals surface area (Å²) in [5, 5.41) is 3.13. The van der Waals surface area contributed by atoms with Crippen molar-refractivity contribution in [1.29, 1.82) is 0 Å². The van der Waals surface area contributed by atoms with Gasteiger partial charge >= 0.3 is 0 Å². The maximum Gasteiger partial charge on any atom is 0.237 e. The number of fused-ring (bicyclic) bond motifs is 1. The second kappa shape index (κ2) is 7.22. The number of ether oxygens (including phenoxy) is 1. The third-order valence-corrected chi connectivity index (χ3v) is 4.37. The molecule has 0 aromatic carbocycles. The van der Waals surface area contributed by atoms with E-state index >= 15 is 0 Å². The second-order valence-corrected chi connectivity index (χ2v) is 5.80. The summed E-state index contributed by atoms with van der Waals surface area (Å²) in [6, 6.07) is 0.612. The van der Waals surface area contributed by atoms with E-state index in [1.807, 2.05) is 0 Å². The first-order chi connectivity index (χ1) is 9.20. The Morgan fingerprint density at radius 2 is 2.32 bits per heavy atom. The zero-order valence-corrected chi connectivity index (χ0v) is 11.9. The molecule has 0 aromatic heterocycles. The topological polar surface area (TPSA) is 67.6 Å². The fourth-order valence-corrected chi connectivity index (χ4v) is 3.24. The molecule has 2 aliphatic rings. The molecule has 0 radical (unpaired) electrons. The van der Waals surface area contributed by atoms with E-state index in [-0.39, 0.29) is 5.91 Å². The molecule has 0 spiro atoms. The van der Waals surface area contributed by atoms with Crippen molar-refractivity contribution in [3.05, 3.63) is 0 Å². The molecule has 0 aromatic rings. The van der Waals surface area contributed by atoms with Gasteiger partial charge in [0.2, 0.25) is 5.91 Å². The van der Waals surface area contributed by atoms with Crippen LogP contribution < -0.4 is 11.1 Å². The summed E-state index contributed by atoms with van der Waals surface area (Å²) in [5.41, 5.74) is 5.90. The SMILES string of the molecule is COCCCC(N)C(=O)NC1CCN2CCCC2C1. The van der Waals surface area contributed by atoms with Crippen LogP contribution >= 0.6 is 0 Å². The van der Waals surface area contributed by atoms with Crippen LogP contribution in [0.25, 0.3) is 0 Å². The molecule has 2 rings (SSSR count). The highest BCUT2D eigenvalue weighted by Gasteiger charge is 2.32. The monoisotopic (exact) mass is 269 g/mol. The predicted octanol–water partition coefficient (Wildman–Crippen LogP) is 0.483. The molecule has 5 heteroatoms. The highest BCUT2D eigenvalue weighted by Crippen LogP contribution is 2.26. The van der Waals surface area contributed by atoms with Crippen molar-refractivity contribution in [2.75, 3.05) is 26.8 Å². The van der Waals surface area contributed by atoms with E-state index in [9.17, 15) is 4.79 Å². The minimum atomic E-state index is -0.392. The predicted molar refractivity (Wildman–Crippen MR) is 74.8 cm³/mol. The molecule has 3 unspecified atom stereocenters. The summed E-state index contributed by atoms with van der Waals surface area (Å²) in [4.78, 5) is 14.6. The zero-order chi connectivity index (χ0) is 13.7. The summed E-state index contributed by atoms with van der Waals surface area (Å²) in [6.45, 7) is 3.03. The smallest absolute Gasteiger partial charge is 0.237 e. The van der Waals surface area contributed by atoms with Crippen LogP contribution in [0.2, 0.25) is 0 Å². The number of rotatable bonds is 6. The lowest BCUT2D eigenvalue weighted by Crippen LogP contribution is -2.51. The van der Waals surface area contributed by atoms with E-state index in [0.717, 1.165) is 25.8 Å². The van der Waals surface area contributed by atoms with Gasteiger partial charge in [-0.3, -0.25) is 4.79 Å². The average Bonchev–Trinajstić information content (AvgIpc) is 2.86. The van der Waals surface area contributed by atoms with Gasteiger partial charge in [-0.05, 0) is 45.1 Å². The summed E-state index contributed by atoms with van der Waals surface area (Å²) in [5.74, 6) is 0.00699. The number of nitrogens with zero attached hydrogens (tertiary/aromatic N) is 1. The first-order valence-corrected chi connectivity index (χ1v) is 7.49. The molecule has 0 saturated carbocycles. The van der Waals surface area contributed by atoms with Crippen molar-refractivity contribution in [2.45, 2.75) is 56.7 Å². The third kappa shape index (κ3) is 4.16. The quantitative estimate of drug-likeness (QED) is 0.688. The summed E-state index contributed by atoms with van der Waals surface area (Å²) in [6.07, 6.45) is 6.28. The summed E-state index contributed by atoms with van der Waals surface area (Å²) >= 11 is 0. The van der Waals surface area contributed by atoms with Gasteiger partial charge in [-0.2, -0.15) is 0 Å². The highest BCUT2D eigenvalue weighted by molar-refractivity contribution is 5.81. The molecule has 2 fully saturated rings. The van der Waals surface area contributed by atoms with Crippen molar-refractivity contribution in [3.63, 3.8) is 0 Å². The Labute approximate surface area is 115 Å². The van der Waals surface area contributed by atoms with Crippen LogP contribution in [0.3, 0.4) is 0 Å². The first kappa shape index (κ1) is 14.8. The number of piperidine rings is 1. The van der Waals surface area contributed by atoms with Crippen molar-refractivity contribution in [3.8, 4) is 0 Å². The van der Waals surface area contributed by atoms with Gasteiger partial charge in [0.1, 0.15) is 0 Å². The summed E-state index contributed by atoms with van der Waals surface area (Å²) in [7, 11) is 1.67. The largest absolute Gasteiger partial charge is 0.385 e. The molecule has 2 saturated heterocycles. The van der Waals surface area contributed by atoms with Gasteiger partial charge in [0.15, 0.2) is 0 Å². The lowest BCUT2D eigenvalue weighted by Gasteiger charge is -2.35. The molecule has 2 aliphatic heterocycles. The lowest BCUT2D eigenvalue weighted by molar-refractivity contribution is -0.123. The van der Waals surface area contributed by atoms with E-state index in [2.05, 4.69) is 10.2 Å². The van der Waals surface area contributed by atoms with E-state index < -0.39 is 6.04 Å². The molecular formula is C14H27N3O2. The number of carbonyl (C=O) groups is 1. The van der Waals surface area contributed by atoms with Gasteiger partial charge in [0.25, 0.3) is 0 Å². The highest BCUT2D eigenvalue weighted by atomic mass is 16.5. The Bertz CT molecular complexity index is 298. The normalized spacial score (nSPS) is 28.9. The Hall–Kier alpha value is -0.650. The number of nitrogens with two attached hydrogens (primary N) is 1. The van der Waals surface area contributed by atoms with Crippen molar-refractivity contribution in [2.24, 2.45) is 5.73 Å². The number of carbonyl (C=O) groups excluding carboxylic acids is 1. The number of amides is 1. The molecule has 19 heavy (non-hydrogen) atoms. The number of hydrogen-bond donors (Lipinski definition) is 2. The molecule has 3 N–H and O–H groups in total. The molecule has 5 nitrogen and oxygen atoms in total. The standard InChI is InChI=1S/C14H27N3O2/c1-19-9-3-5-13(15)14(18)16-11-6-8-17-7-2-4-12(17)10-11/h11-13H,2-10,15H2,1H3,(H,16,18). The molecule has 0 aliphatic carbocycles. The van der Waals surface area contributed by atoms with Gasteiger partial charge in [-0.1, -0.05) is 0 Å². The number of nitrogens with one attached hydrogen (secondary N) is 1. The number of methoxy groups -OCH3 is 1. The van der Waals surface area contributed by atoms with E-state index in [1.54, 1.807) is 7.11 Å². The Kier molecular flexibility index (Phi) is 5.60. The zero-order valence-electron chi connectivity index (χ0n) is 11.9. The van der Waals surface area contributed by atoms with Crippen LogP contribution in [0.15, 0.2) is 0 Å². The fourth-order valence-electron chi connectivity index (χ4n) is 3.24. The Morgan fingerprint density at radius 3 is 3.11 bits per heavy atom. The Balaban J connectivity index is 1.70. The van der Waals surface area contributed by atoms with Crippen LogP contribution in [-0.2, 0) is 9.53 Å². The lowest BCUT2D eigenvalue weighted by atomic mass is 9.97. The van der Waals surface area contributed by atoms with Gasteiger partial charge in [0, 0.05) is 32.3 Å². The van der Waals surface area contributed by atoms with Crippen LogP contribution in [0.1, 0.15) is 38.5 Å². The molecule has 3 atom stereocenters. The van der Waals surface area contributed by atoms with Crippen LogP contribution in [0.4, 0.5) is 0 Å². The second-order valence-electron chi connectivity index (χ2n) is 5.80. The third-order valence-electron chi connectivity index (χ3n) is 4.37. The Morgan fingerprint density at radius 1 is 1.47 bits per heavy atom. The molecule has 0 bridgehead atoms. The van der Waals surface area contributed by atoms with Crippen LogP contribution in [0, 0.1) is 0 Å². The maximum atomic E-state index is 12.0. The molecule has 1 amide bonds. The minimum Gasteiger partial charge on any atom is -0.385 e. The van der Waals surface area contributed by atoms with Gasteiger partial charge in [-0.25, -0.2) is 0 Å². The summed E-state index contributed by atoms with van der Waals surface area (Å²) < 4.78 is 4.98. The van der Waals surface area contributed by atoms with E-state index in [1.165, 1.54) is 19.4 Å². The van der Waals surface area contributed by atoms with Gasteiger partial charge in [0.05, 0.1) is 6.04 Å². The van der Waals surface area contributed by atoms with Gasteiger partial charge in [-0.15, -0.1) is 0 Å². The van der Waals surface area contributed by atoms with Crippen molar-refractivity contribution in [1.82, 2.24) is 10.2 Å². The molecule has 110 valence electrons. The van der Waals surface area contributed by atoms with Gasteiger partial charge < -0.3 is 20.7 Å². The fraction of sp³-hybridized carbons (Fsp3) is 0.929. The van der Waals surface area contributed by atoms with Crippen LogP contribution in [0.5, 0.6) is 0 Å². The van der Waals surface area contributed by atoms with Crippen LogP contribution in [-0.4, -0.2) is 55.7 Å². The maximum absolute atomic E-state index is 12.0. The van der Waals surface area contributed by atoms with Crippen molar-refractivity contribution >= 4 is 5.91 Å². The molecular weight excluding hydrogens is 242 g/mol. The van der Waals surface area contributed by atoms with E-state index in [0.29, 0.717) is 25.1 Å². The average molecular weight is 269 g/mol. The minimum absolute atomic E-state index is 0.00699. The first-order valence-electron chi connectivity index (χ1n) is 7.49. The number of hydrogen-bond acceptors (Lipinski definition) is 4.